The van der Waals surface area contributed by atoms with E-state index in [2.05, 4.69) is 5.32 Å². The number of carbonyl (C=O) groups is 1. The molecule has 130 valence electrons. The first-order valence-electron chi connectivity index (χ1n) is 7.26. The summed E-state index contributed by atoms with van der Waals surface area (Å²) in [5.41, 5.74) is 0. The topological polar surface area (TPSA) is 138 Å². The van der Waals surface area contributed by atoms with E-state index in [1.54, 1.807) is 24.3 Å². The maximum atomic E-state index is 12.2. The maximum Gasteiger partial charge on any atom is 0.292 e. The van der Waals surface area contributed by atoms with Gasteiger partial charge in [0.05, 0.1) is 6.61 Å². The summed E-state index contributed by atoms with van der Waals surface area (Å²) in [6.45, 7) is -0.590. The van der Waals surface area contributed by atoms with Crippen LogP contribution in [0.3, 0.4) is 0 Å². The van der Waals surface area contributed by atoms with Crippen molar-refractivity contribution in [2.75, 3.05) is 6.61 Å². The van der Waals surface area contributed by atoms with Crippen molar-refractivity contribution in [1.82, 2.24) is 5.32 Å². The molecule has 9 heteroatoms. The molecule has 5 atom stereocenters. The van der Waals surface area contributed by atoms with Crippen LogP contribution in [-0.2, 0) is 9.53 Å². The van der Waals surface area contributed by atoms with Gasteiger partial charge in [-0.05, 0) is 12.1 Å². The molecule has 0 spiro atoms. The molecule has 1 fully saturated rings. The quantitative estimate of drug-likeness (QED) is 0.436. The number of aliphatic hydroxyl groups excluding tert-OH is 4. The molecule has 0 aliphatic carbocycles. The highest BCUT2D eigenvalue weighted by Gasteiger charge is 2.44. The molecule has 0 saturated carbocycles. The molecule has 1 aromatic rings. The van der Waals surface area contributed by atoms with Gasteiger partial charge in [0.2, 0.25) is 5.76 Å². The normalized spacial score (nSPS) is 32.0. The van der Waals surface area contributed by atoms with Crippen LogP contribution in [0.15, 0.2) is 36.3 Å². The number of nitrogens with one attached hydrogen (secondary N) is 1. The highest BCUT2D eigenvalue weighted by atomic mass is 16.6. The van der Waals surface area contributed by atoms with Gasteiger partial charge in [0.25, 0.3) is 5.91 Å². The van der Waals surface area contributed by atoms with Crippen LogP contribution in [-0.4, -0.2) is 63.6 Å². The average molecular weight is 339 g/mol. The minimum absolute atomic E-state index is 0.175. The van der Waals surface area contributed by atoms with Gasteiger partial charge in [0, 0.05) is 0 Å². The molecule has 2 heterocycles. The first-order valence-corrected chi connectivity index (χ1v) is 7.26. The monoisotopic (exact) mass is 339 g/mol. The second kappa shape index (κ2) is 6.75. The predicted molar refractivity (Wildman–Crippen MR) is 77.7 cm³/mol. The van der Waals surface area contributed by atoms with E-state index in [-0.39, 0.29) is 5.76 Å². The van der Waals surface area contributed by atoms with Crippen LogP contribution in [0.2, 0.25) is 0 Å². The van der Waals surface area contributed by atoms with Crippen molar-refractivity contribution in [1.29, 1.82) is 0 Å². The Hall–Kier alpha value is -2.17. The fourth-order valence-electron chi connectivity index (χ4n) is 2.41. The third-order valence-corrected chi connectivity index (χ3v) is 3.75. The van der Waals surface area contributed by atoms with E-state index >= 15 is 0 Å². The molecule has 1 saturated heterocycles. The van der Waals surface area contributed by atoms with Crippen LogP contribution in [0.5, 0.6) is 11.5 Å². The molecule has 0 aromatic heterocycles. The zero-order valence-corrected chi connectivity index (χ0v) is 12.4. The van der Waals surface area contributed by atoms with E-state index in [9.17, 15) is 20.1 Å². The van der Waals surface area contributed by atoms with Crippen molar-refractivity contribution in [3.05, 3.63) is 36.3 Å². The molecular formula is C15H17NO8. The number of para-hydroxylation sites is 2. The molecule has 1 aromatic carbocycles. The van der Waals surface area contributed by atoms with Crippen LogP contribution in [0.1, 0.15) is 0 Å². The minimum Gasteiger partial charge on any atom is -0.457 e. The molecule has 9 nitrogen and oxygen atoms in total. The van der Waals surface area contributed by atoms with Gasteiger partial charge in [0.1, 0.15) is 30.7 Å². The van der Waals surface area contributed by atoms with E-state index in [4.69, 9.17) is 19.3 Å². The summed E-state index contributed by atoms with van der Waals surface area (Å²) < 4.78 is 15.9. The highest BCUT2D eigenvalue weighted by Crippen LogP contribution is 2.31. The Morgan fingerprint density at radius 2 is 1.79 bits per heavy atom. The fourth-order valence-corrected chi connectivity index (χ4v) is 2.41. The van der Waals surface area contributed by atoms with Crippen molar-refractivity contribution in [3.8, 4) is 11.5 Å². The molecule has 1 amide bonds. The zero-order chi connectivity index (χ0) is 17.3. The van der Waals surface area contributed by atoms with Gasteiger partial charge in [-0.2, -0.15) is 0 Å². The molecule has 3 rings (SSSR count). The van der Waals surface area contributed by atoms with Crippen molar-refractivity contribution >= 4 is 5.91 Å². The summed E-state index contributed by atoms with van der Waals surface area (Å²) in [4.78, 5) is 12.2. The van der Waals surface area contributed by atoms with Crippen molar-refractivity contribution in [2.45, 2.75) is 30.6 Å². The van der Waals surface area contributed by atoms with Crippen LogP contribution in [0.4, 0.5) is 0 Å². The molecular weight excluding hydrogens is 322 g/mol. The minimum atomic E-state index is -1.58. The molecule has 24 heavy (non-hydrogen) atoms. The number of ether oxygens (including phenoxy) is 3. The number of hydrogen-bond acceptors (Lipinski definition) is 8. The standard InChI is InChI=1S/C15H17NO8/c17-5-9-11(18)12(19)13(20)15(24-9)16-14(21)10-6-22-7-3-1-2-4-8(7)23-10/h1-4,6,9,11-13,15,17-20H,5H2,(H,16,21)/t9-,11-,12+,13-,15-/m1/s1. The number of aliphatic hydroxyl groups is 4. The molecule has 0 unspecified atom stereocenters. The van der Waals surface area contributed by atoms with Crippen LogP contribution < -0.4 is 14.8 Å². The SMILES string of the molecule is O=C(N[C@@H]1O[C@H](CO)[C@@H](O)[C@H](O)[C@H]1O)C1=COc2ccccc2O1. The summed E-state index contributed by atoms with van der Waals surface area (Å²) in [5.74, 6) is -0.139. The third-order valence-electron chi connectivity index (χ3n) is 3.75. The van der Waals surface area contributed by atoms with E-state index in [0.29, 0.717) is 11.5 Å². The molecule has 5 N–H and O–H groups in total. The lowest BCUT2D eigenvalue weighted by Gasteiger charge is -2.40. The number of carbonyl (C=O) groups excluding carboxylic acids is 1. The first kappa shape index (κ1) is 16.7. The molecule has 2 aliphatic heterocycles. The molecule has 0 radical (unpaired) electrons. The number of rotatable bonds is 3. The number of fused-ring (bicyclic) bond motifs is 1. The van der Waals surface area contributed by atoms with Crippen LogP contribution >= 0.6 is 0 Å². The Bertz CT molecular complexity index is 646. The Morgan fingerprint density at radius 3 is 2.50 bits per heavy atom. The zero-order valence-electron chi connectivity index (χ0n) is 12.4. The van der Waals surface area contributed by atoms with Crippen molar-refractivity contribution in [3.63, 3.8) is 0 Å². The van der Waals surface area contributed by atoms with Crippen LogP contribution in [0, 0.1) is 0 Å². The van der Waals surface area contributed by atoms with Crippen molar-refractivity contribution < 1.29 is 39.4 Å². The van der Waals surface area contributed by atoms with E-state index in [1.165, 1.54) is 0 Å². The third kappa shape index (κ3) is 3.07. The number of amides is 1. The highest BCUT2D eigenvalue weighted by molar-refractivity contribution is 5.92. The van der Waals surface area contributed by atoms with Crippen LogP contribution in [0.25, 0.3) is 0 Å². The van der Waals surface area contributed by atoms with E-state index in [0.717, 1.165) is 6.26 Å². The van der Waals surface area contributed by atoms with E-state index in [1.807, 2.05) is 0 Å². The maximum absolute atomic E-state index is 12.2. The van der Waals surface area contributed by atoms with Gasteiger partial charge in [-0.3, -0.25) is 4.79 Å². The molecule has 0 bridgehead atoms. The number of benzene rings is 1. The second-order valence-electron chi connectivity index (χ2n) is 5.37. The lowest BCUT2D eigenvalue weighted by molar-refractivity contribution is -0.235. The Morgan fingerprint density at radius 1 is 1.08 bits per heavy atom. The summed E-state index contributed by atoms with van der Waals surface area (Å²) in [6, 6.07) is 6.73. The summed E-state index contributed by atoms with van der Waals surface area (Å²) >= 11 is 0. The van der Waals surface area contributed by atoms with Gasteiger partial charge < -0.3 is 40.0 Å². The largest absolute Gasteiger partial charge is 0.457 e. The smallest absolute Gasteiger partial charge is 0.292 e. The van der Waals surface area contributed by atoms with Gasteiger partial charge >= 0.3 is 0 Å². The predicted octanol–water partition coefficient (Wildman–Crippen LogP) is -1.78. The van der Waals surface area contributed by atoms with Gasteiger partial charge in [-0.25, -0.2) is 0 Å². The van der Waals surface area contributed by atoms with E-state index < -0.39 is 43.2 Å². The Labute approximate surface area is 136 Å². The van der Waals surface area contributed by atoms with Gasteiger partial charge in [-0.15, -0.1) is 0 Å². The van der Waals surface area contributed by atoms with Gasteiger partial charge in [0.15, 0.2) is 17.7 Å². The summed E-state index contributed by atoms with van der Waals surface area (Å²) in [7, 11) is 0. The second-order valence-corrected chi connectivity index (χ2v) is 5.37. The van der Waals surface area contributed by atoms with Crippen molar-refractivity contribution in [2.24, 2.45) is 0 Å². The lowest BCUT2D eigenvalue weighted by Crippen LogP contribution is -2.63. The molecule has 2 aliphatic rings. The average Bonchev–Trinajstić information content (AvgIpc) is 2.61. The first-order chi connectivity index (χ1) is 11.5. The Balaban J connectivity index is 1.68. The van der Waals surface area contributed by atoms with Gasteiger partial charge in [-0.1, -0.05) is 12.1 Å². The number of hydrogen-bond donors (Lipinski definition) is 5. The summed E-state index contributed by atoms with van der Waals surface area (Å²) in [6.07, 6.45) is -6.02. The fraction of sp³-hybridized carbons (Fsp3) is 0.400. The Kier molecular flexibility index (Phi) is 4.69. The lowest BCUT2D eigenvalue weighted by atomic mass is 9.98. The summed E-state index contributed by atoms with van der Waals surface area (Å²) in [5, 5.41) is 40.8.